The van der Waals surface area contributed by atoms with Crippen molar-refractivity contribution in [2.24, 2.45) is 5.73 Å². The van der Waals surface area contributed by atoms with E-state index in [2.05, 4.69) is 4.74 Å². The van der Waals surface area contributed by atoms with Crippen LogP contribution in [0.25, 0.3) is 0 Å². The molecule has 0 heterocycles. The fourth-order valence-electron chi connectivity index (χ4n) is 1.22. The maximum absolute atomic E-state index is 13.3. The fraction of sp³-hybridized carbons (Fsp3) is 0.300. The molecule has 1 atom stereocenters. The third-order valence-electron chi connectivity index (χ3n) is 2.03. The number of carbonyl (C=O) groups is 1. The van der Waals surface area contributed by atoms with Crippen molar-refractivity contribution in [3.05, 3.63) is 23.3 Å². The second-order valence-electron chi connectivity index (χ2n) is 3.25. The molecular formula is C10H11F2NO3. The standard InChI is InChI=1S/C10H11F2NO3/c1-4(13)8(14)5-3-6(11)9(15)7(12)10(5)16-2/h3-4,15H,13H2,1-2H3. The number of hydrogen-bond donors (Lipinski definition) is 2. The highest BCUT2D eigenvalue weighted by molar-refractivity contribution is 6.02. The molecule has 0 aliphatic rings. The zero-order valence-electron chi connectivity index (χ0n) is 8.75. The molecule has 0 saturated carbocycles. The van der Waals surface area contributed by atoms with Gasteiger partial charge in [-0.2, -0.15) is 4.39 Å². The summed E-state index contributed by atoms with van der Waals surface area (Å²) in [6.07, 6.45) is 0. The minimum atomic E-state index is -1.31. The highest BCUT2D eigenvalue weighted by Gasteiger charge is 2.24. The predicted molar refractivity (Wildman–Crippen MR) is 52.6 cm³/mol. The minimum Gasteiger partial charge on any atom is -0.503 e. The summed E-state index contributed by atoms with van der Waals surface area (Å²) in [5.41, 5.74) is 4.99. The number of carbonyl (C=O) groups excluding carboxylic acids is 1. The van der Waals surface area contributed by atoms with E-state index in [1.165, 1.54) is 6.92 Å². The molecule has 1 aromatic carbocycles. The largest absolute Gasteiger partial charge is 0.503 e. The molecular weight excluding hydrogens is 220 g/mol. The number of halogens is 2. The van der Waals surface area contributed by atoms with E-state index < -0.39 is 35.0 Å². The molecule has 0 aliphatic heterocycles. The summed E-state index contributed by atoms with van der Waals surface area (Å²) in [4.78, 5) is 11.5. The average molecular weight is 231 g/mol. The minimum absolute atomic E-state index is 0.328. The number of ketones is 1. The lowest BCUT2D eigenvalue weighted by Crippen LogP contribution is -2.27. The van der Waals surface area contributed by atoms with Crippen LogP contribution in [0.15, 0.2) is 6.07 Å². The number of methoxy groups -OCH3 is 1. The van der Waals surface area contributed by atoms with Gasteiger partial charge < -0.3 is 15.6 Å². The molecule has 6 heteroatoms. The molecule has 16 heavy (non-hydrogen) atoms. The first-order chi connectivity index (χ1) is 7.40. The van der Waals surface area contributed by atoms with Crippen molar-refractivity contribution in [2.75, 3.05) is 7.11 Å². The van der Waals surface area contributed by atoms with E-state index in [1.807, 2.05) is 0 Å². The van der Waals surface area contributed by atoms with Crippen molar-refractivity contribution in [2.45, 2.75) is 13.0 Å². The Morgan fingerprint density at radius 3 is 2.56 bits per heavy atom. The van der Waals surface area contributed by atoms with Gasteiger partial charge in [0.15, 0.2) is 23.1 Å². The van der Waals surface area contributed by atoms with E-state index in [0.29, 0.717) is 6.07 Å². The molecule has 0 aliphatic carbocycles. The Morgan fingerprint density at radius 1 is 1.56 bits per heavy atom. The number of rotatable bonds is 3. The zero-order chi connectivity index (χ0) is 12.5. The number of phenols is 1. The van der Waals surface area contributed by atoms with Crippen LogP contribution in [0.3, 0.4) is 0 Å². The molecule has 0 radical (unpaired) electrons. The Hall–Kier alpha value is -1.69. The first kappa shape index (κ1) is 12.4. The molecule has 0 fully saturated rings. The molecule has 3 N–H and O–H groups in total. The summed E-state index contributed by atoms with van der Waals surface area (Å²) >= 11 is 0. The van der Waals surface area contributed by atoms with Gasteiger partial charge in [0.1, 0.15) is 0 Å². The number of benzene rings is 1. The predicted octanol–water partition coefficient (Wildman–Crippen LogP) is 1.21. The molecule has 0 saturated heterocycles. The van der Waals surface area contributed by atoms with Crippen LogP contribution < -0.4 is 10.5 Å². The molecule has 0 spiro atoms. The van der Waals surface area contributed by atoms with E-state index >= 15 is 0 Å². The van der Waals surface area contributed by atoms with Crippen LogP contribution in [0, 0.1) is 11.6 Å². The smallest absolute Gasteiger partial charge is 0.210 e. The van der Waals surface area contributed by atoms with E-state index in [-0.39, 0.29) is 5.56 Å². The maximum atomic E-state index is 13.3. The number of nitrogens with two attached hydrogens (primary N) is 1. The summed E-state index contributed by atoms with van der Waals surface area (Å²) in [6, 6.07) is -0.222. The maximum Gasteiger partial charge on any atom is 0.210 e. The Bertz CT molecular complexity index is 433. The Labute approximate surface area is 90.6 Å². The zero-order valence-corrected chi connectivity index (χ0v) is 8.75. The summed E-state index contributed by atoms with van der Waals surface area (Å²) in [5.74, 6) is -4.91. The lowest BCUT2D eigenvalue weighted by atomic mass is 10.0. The van der Waals surface area contributed by atoms with Crippen LogP contribution in [0.2, 0.25) is 0 Å². The van der Waals surface area contributed by atoms with Gasteiger partial charge in [-0.25, -0.2) is 4.39 Å². The first-order valence-corrected chi connectivity index (χ1v) is 4.44. The molecule has 88 valence electrons. The third-order valence-corrected chi connectivity index (χ3v) is 2.03. The molecule has 1 aromatic rings. The highest BCUT2D eigenvalue weighted by atomic mass is 19.1. The molecule has 0 bridgehead atoms. The van der Waals surface area contributed by atoms with E-state index in [1.54, 1.807) is 0 Å². The van der Waals surface area contributed by atoms with Gasteiger partial charge in [0.05, 0.1) is 18.7 Å². The molecule has 0 amide bonds. The summed E-state index contributed by atoms with van der Waals surface area (Å²) in [7, 11) is 1.10. The van der Waals surface area contributed by atoms with E-state index in [4.69, 9.17) is 10.8 Å². The van der Waals surface area contributed by atoms with Crippen molar-refractivity contribution in [3.8, 4) is 11.5 Å². The summed E-state index contributed by atoms with van der Waals surface area (Å²) in [5, 5.41) is 8.99. The van der Waals surface area contributed by atoms with Gasteiger partial charge in [-0.3, -0.25) is 4.79 Å². The monoisotopic (exact) mass is 231 g/mol. The first-order valence-electron chi connectivity index (χ1n) is 4.44. The van der Waals surface area contributed by atoms with Crippen molar-refractivity contribution in [1.29, 1.82) is 0 Å². The molecule has 1 rings (SSSR count). The number of ether oxygens (including phenoxy) is 1. The number of phenolic OH excluding ortho intramolecular Hbond substituents is 1. The lowest BCUT2D eigenvalue weighted by Gasteiger charge is -2.11. The van der Waals surface area contributed by atoms with Crippen LogP contribution in [0.5, 0.6) is 11.5 Å². The molecule has 1 unspecified atom stereocenters. The van der Waals surface area contributed by atoms with Gasteiger partial charge in [0.2, 0.25) is 5.82 Å². The van der Waals surface area contributed by atoms with Crippen molar-refractivity contribution in [1.82, 2.24) is 0 Å². The summed E-state index contributed by atoms with van der Waals surface area (Å²) < 4.78 is 31.0. The molecule has 4 nitrogen and oxygen atoms in total. The van der Waals surface area contributed by atoms with Gasteiger partial charge >= 0.3 is 0 Å². The van der Waals surface area contributed by atoms with Gasteiger partial charge in [-0.15, -0.1) is 0 Å². The van der Waals surface area contributed by atoms with Gasteiger partial charge in [0.25, 0.3) is 0 Å². The Kier molecular flexibility index (Phi) is 3.44. The van der Waals surface area contributed by atoms with E-state index in [9.17, 15) is 13.6 Å². The normalized spacial score (nSPS) is 12.3. The van der Waals surface area contributed by atoms with Crippen molar-refractivity contribution >= 4 is 5.78 Å². The van der Waals surface area contributed by atoms with Crippen LogP contribution >= 0.6 is 0 Å². The number of Topliss-reactive ketones (excluding diaryl/α,β-unsaturated/α-hetero) is 1. The number of aromatic hydroxyl groups is 1. The lowest BCUT2D eigenvalue weighted by molar-refractivity contribution is 0.0963. The van der Waals surface area contributed by atoms with Crippen LogP contribution in [0.1, 0.15) is 17.3 Å². The fourth-order valence-corrected chi connectivity index (χ4v) is 1.22. The van der Waals surface area contributed by atoms with Crippen molar-refractivity contribution in [3.63, 3.8) is 0 Å². The second kappa shape index (κ2) is 4.44. The second-order valence-corrected chi connectivity index (χ2v) is 3.25. The summed E-state index contributed by atoms with van der Waals surface area (Å²) in [6.45, 7) is 1.38. The Morgan fingerprint density at radius 2 is 2.12 bits per heavy atom. The quantitative estimate of drug-likeness (QED) is 0.767. The topological polar surface area (TPSA) is 72.5 Å². The Balaban J connectivity index is 3.45. The van der Waals surface area contributed by atoms with Crippen LogP contribution in [-0.4, -0.2) is 24.0 Å². The van der Waals surface area contributed by atoms with E-state index in [0.717, 1.165) is 7.11 Å². The van der Waals surface area contributed by atoms with Gasteiger partial charge in [-0.05, 0) is 13.0 Å². The molecule has 0 aromatic heterocycles. The van der Waals surface area contributed by atoms with Crippen molar-refractivity contribution < 1.29 is 23.4 Å². The number of hydrogen-bond acceptors (Lipinski definition) is 4. The third kappa shape index (κ3) is 1.96. The van der Waals surface area contributed by atoms with Gasteiger partial charge in [-0.1, -0.05) is 0 Å². The average Bonchev–Trinajstić information content (AvgIpc) is 2.24. The highest BCUT2D eigenvalue weighted by Crippen LogP contribution is 2.32. The SMILES string of the molecule is COc1c(C(=O)C(C)N)cc(F)c(O)c1F. The van der Waals surface area contributed by atoms with Crippen LogP contribution in [0.4, 0.5) is 8.78 Å². The van der Waals surface area contributed by atoms with Gasteiger partial charge in [0, 0.05) is 0 Å². The van der Waals surface area contributed by atoms with Crippen LogP contribution in [-0.2, 0) is 0 Å².